The Morgan fingerprint density at radius 2 is 1.57 bits per heavy atom. The quantitative estimate of drug-likeness (QED) is 0.233. The molecule has 0 unspecified atom stereocenters. The molecule has 208 valence electrons. The third kappa shape index (κ3) is 4.89. The van der Waals surface area contributed by atoms with Gasteiger partial charge in [-0.3, -0.25) is 14.9 Å². The minimum absolute atomic E-state index is 0.174. The number of rotatable bonds is 6. The van der Waals surface area contributed by atoms with Crippen molar-refractivity contribution in [1.29, 1.82) is 0 Å². The highest BCUT2D eigenvalue weighted by atomic mass is 79.9. The van der Waals surface area contributed by atoms with Crippen LogP contribution in [0.3, 0.4) is 0 Å². The van der Waals surface area contributed by atoms with Crippen LogP contribution in [0.1, 0.15) is 49.7 Å². The number of amides is 4. The number of halogens is 2. The Balaban J connectivity index is 1.25. The molecule has 2 aromatic carbocycles. The number of hydrogen-bond acceptors (Lipinski definition) is 6. The molecule has 5 fully saturated rings. The van der Waals surface area contributed by atoms with Crippen LogP contribution < -0.4 is 15.0 Å². The van der Waals surface area contributed by atoms with Crippen LogP contribution in [0.4, 0.5) is 10.5 Å². The van der Waals surface area contributed by atoms with Crippen molar-refractivity contribution in [2.24, 2.45) is 17.8 Å². The van der Waals surface area contributed by atoms with Crippen LogP contribution in [0.2, 0.25) is 0 Å². The van der Waals surface area contributed by atoms with Gasteiger partial charge in [0.15, 0.2) is 6.61 Å². The Kier molecular flexibility index (Phi) is 7.11. The summed E-state index contributed by atoms with van der Waals surface area (Å²) < 4.78 is 11.1. The van der Waals surface area contributed by atoms with E-state index in [9.17, 15) is 19.2 Å². The van der Waals surface area contributed by atoms with Gasteiger partial charge in [-0.25, -0.2) is 14.5 Å². The summed E-state index contributed by atoms with van der Waals surface area (Å²) in [7, 11) is 1.27. The molecule has 1 N–H and O–H groups in total. The van der Waals surface area contributed by atoms with Gasteiger partial charge < -0.3 is 9.47 Å². The number of nitrogens with zero attached hydrogens (tertiary/aromatic N) is 1. The normalized spacial score (nSPS) is 28.2. The third-order valence-electron chi connectivity index (χ3n) is 8.77. The lowest BCUT2D eigenvalue weighted by Gasteiger charge is -2.57. The number of hydrogen-bond donors (Lipinski definition) is 1. The highest BCUT2D eigenvalue weighted by Gasteiger charge is 2.51. The van der Waals surface area contributed by atoms with Crippen molar-refractivity contribution in [3.8, 4) is 5.75 Å². The van der Waals surface area contributed by atoms with Gasteiger partial charge in [0.2, 0.25) is 0 Å². The maximum absolute atomic E-state index is 13.5. The van der Waals surface area contributed by atoms with Crippen molar-refractivity contribution >= 4 is 67.4 Å². The molecule has 40 heavy (non-hydrogen) atoms. The molecule has 5 aliphatic rings. The van der Waals surface area contributed by atoms with Gasteiger partial charge in [0.25, 0.3) is 11.8 Å². The maximum atomic E-state index is 13.5. The Labute approximate surface area is 248 Å². The van der Waals surface area contributed by atoms with Crippen molar-refractivity contribution in [1.82, 2.24) is 5.32 Å². The van der Waals surface area contributed by atoms with Crippen LogP contribution in [0.5, 0.6) is 5.75 Å². The first kappa shape index (κ1) is 27.2. The van der Waals surface area contributed by atoms with E-state index in [4.69, 9.17) is 4.74 Å². The molecule has 0 atom stereocenters. The predicted octanol–water partition coefficient (Wildman–Crippen LogP) is 5.90. The topological polar surface area (TPSA) is 102 Å². The number of carbonyl (C=O) groups is 4. The van der Waals surface area contributed by atoms with Gasteiger partial charge in [-0.2, -0.15) is 0 Å². The number of imide groups is 2. The van der Waals surface area contributed by atoms with Crippen molar-refractivity contribution < 1.29 is 28.7 Å². The number of methoxy groups -OCH3 is 1. The minimum Gasteiger partial charge on any atom is -0.480 e. The summed E-state index contributed by atoms with van der Waals surface area (Å²) in [5.41, 5.74) is 2.25. The molecule has 0 spiro atoms. The molecule has 4 bridgehead atoms. The molecule has 1 heterocycles. The minimum atomic E-state index is -0.774. The standard InChI is InChI=1S/C30H28Br2N2O6/c1-39-25(35)15-40-26-23(31)10-16(11-24(26)32)9-22-27(36)33-29(38)34(28(22)37)21-4-2-20(3-5-21)30-12-17-6-18(13-30)8-19(7-17)14-30/h2-5,9-11,17-19H,6-8,12-15H2,1H3,(H,33,36,38)/b22-9+. The number of esters is 1. The van der Waals surface area contributed by atoms with Crippen molar-refractivity contribution in [2.75, 3.05) is 18.6 Å². The second-order valence-corrected chi connectivity index (χ2v) is 13.1. The second kappa shape index (κ2) is 10.4. The number of anilines is 1. The van der Waals surface area contributed by atoms with Crippen LogP contribution >= 0.6 is 31.9 Å². The van der Waals surface area contributed by atoms with Crippen LogP contribution in [-0.4, -0.2) is 37.5 Å². The first-order valence-corrected chi connectivity index (χ1v) is 14.9. The zero-order valence-corrected chi connectivity index (χ0v) is 25.0. The Morgan fingerprint density at radius 3 is 2.12 bits per heavy atom. The van der Waals surface area contributed by atoms with Crippen LogP contribution in [0.25, 0.3) is 6.08 Å². The van der Waals surface area contributed by atoms with Gasteiger partial charge in [-0.15, -0.1) is 0 Å². The van der Waals surface area contributed by atoms with E-state index in [1.54, 1.807) is 12.1 Å². The molecule has 0 radical (unpaired) electrons. The molecule has 7 rings (SSSR count). The number of urea groups is 1. The Hall–Kier alpha value is -2.98. The van der Waals surface area contributed by atoms with E-state index in [0.29, 0.717) is 25.9 Å². The molecule has 4 saturated carbocycles. The van der Waals surface area contributed by atoms with Crippen molar-refractivity contribution in [2.45, 2.75) is 43.9 Å². The molecule has 1 aliphatic heterocycles. The van der Waals surface area contributed by atoms with E-state index in [1.807, 2.05) is 12.1 Å². The molecular weight excluding hydrogens is 644 g/mol. The summed E-state index contributed by atoms with van der Waals surface area (Å²) >= 11 is 6.80. The zero-order chi connectivity index (χ0) is 28.2. The summed E-state index contributed by atoms with van der Waals surface area (Å²) in [6.07, 6.45) is 9.17. The lowest BCUT2D eigenvalue weighted by atomic mass is 9.48. The monoisotopic (exact) mass is 670 g/mol. The molecule has 10 heteroatoms. The van der Waals surface area contributed by atoms with Crippen molar-refractivity contribution in [3.05, 3.63) is 62.0 Å². The predicted molar refractivity (Wildman–Crippen MR) is 155 cm³/mol. The molecule has 1 saturated heterocycles. The Morgan fingerprint density at radius 1 is 1.00 bits per heavy atom. The van der Waals surface area contributed by atoms with Gasteiger partial charge in [-0.05, 0) is 135 Å². The number of carbonyl (C=O) groups excluding carboxylic acids is 4. The van der Waals surface area contributed by atoms with E-state index in [-0.39, 0.29) is 17.6 Å². The first-order chi connectivity index (χ1) is 19.2. The van der Waals surface area contributed by atoms with E-state index < -0.39 is 23.8 Å². The number of benzene rings is 2. The SMILES string of the molecule is COC(=O)COc1c(Br)cc(/C=C2\C(=O)NC(=O)N(c3ccc(C45CC6CC(CC(C6)C4)C5)cc3)C2=O)cc1Br. The van der Waals surface area contributed by atoms with Gasteiger partial charge in [0.1, 0.15) is 11.3 Å². The molecule has 2 aromatic rings. The van der Waals surface area contributed by atoms with Gasteiger partial charge in [0.05, 0.1) is 21.7 Å². The van der Waals surface area contributed by atoms with Crippen LogP contribution in [-0.2, 0) is 24.5 Å². The fourth-order valence-corrected chi connectivity index (χ4v) is 8.93. The smallest absolute Gasteiger partial charge is 0.343 e. The van der Waals surface area contributed by atoms with Crippen LogP contribution in [0.15, 0.2) is 50.9 Å². The fraction of sp³-hybridized carbons (Fsp3) is 0.400. The van der Waals surface area contributed by atoms with Crippen LogP contribution in [0, 0.1) is 17.8 Å². The largest absolute Gasteiger partial charge is 0.480 e. The van der Waals surface area contributed by atoms with E-state index >= 15 is 0 Å². The van der Waals surface area contributed by atoms with Gasteiger partial charge in [0, 0.05) is 0 Å². The summed E-state index contributed by atoms with van der Waals surface area (Å²) in [5, 5.41) is 2.29. The lowest BCUT2D eigenvalue weighted by Crippen LogP contribution is -2.54. The van der Waals surface area contributed by atoms with E-state index in [1.165, 1.54) is 57.3 Å². The fourth-order valence-electron chi connectivity index (χ4n) is 7.48. The first-order valence-electron chi connectivity index (χ1n) is 13.4. The zero-order valence-electron chi connectivity index (χ0n) is 21.9. The average Bonchev–Trinajstić information content (AvgIpc) is 2.90. The average molecular weight is 672 g/mol. The summed E-state index contributed by atoms with van der Waals surface area (Å²) in [4.78, 5) is 51.4. The van der Waals surface area contributed by atoms with E-state index in [0.717, 1.165) is 22.7 Å². The summed E-state index contributed by atoms with van der Waals surface area (Å²) in [6.45, 7) is -0.284. The number of nitrogens with one attached hydrogen (secondary N) is 1. The number of ether oxygens (including phenoxy) is 2. The molecule has 4 aliphatic carbocycles. The summed E-state index contributed by atoms with van der Waals surface area (Å²) in [5.74, 6) is 0.797. The Bertz CT molecular complexity index is 1390. The maximum Gasteiger partial charge on any atom is 0.343 e. The highest BCUT2D eigenvalue weighted by molar-refractivity contribution is 9.11. The molecular formula is C30H28Br2N2O6. The number of barbiturate groups is 1. The molecule has 4 amide bonds. The van der Waals surface area contributed by atoms with E-state index in [2.05, 4.69) is 54.0 Å². The lowest BCUT2D eigenvalue weighted by molar-refractivity contribution is -0.143. The third-order valence-corrected chi connectivity index (χ3v) is 9.95. The van der Waals surface area contributed by atoms with Gasteiger partial charge in [-0.1, -0.05) is 12.1 Å². The summed E-state index contributed by atoms with van der Waals surface area (Å²) in [6, 6.07) is 10.3. The highest BCUT2D eigenvalue weighted by Crippen LogP contribution is 2.60. The molecule has 8 nitrogen and oxygen atoms in total. The second-order valence-electron chi connectivity index (χ2n) is 11.4. The van der Waals surface area contributed by atoms with Crippen molar-refractivity contribution in [3.63, 3.8) is 0 Å². The van der Waals surface area contributed by atoms with Gasteiger partial charge >= 0.3 is 12.0 Å². The molecule has 0 aromatic heterocycles.